The van der Waals surface area contributed by atoms with E-state index >= 15 is 0 Å². The number of anilines is 2. The van der Waals surface area contributed by atoms with Crippen LogP contribution in [0.2, 0.25) is 0 Å². The van der Waals surface area contributed by atoms with Gasteiger partial charge in [0.25, 0.3) is 0 Å². The molecule has 0 radical (unpaired) electrons. The van der Waals surface area contributed by atoms with Crippen molar-refractivity contribution in [1.82, 2.24) is 0 Å². The van der Waals surface area contributed by atoms with E-state index in [9.17, 15) is 4.79 Å². The van der Waals surface area contributed by atoms with Crippen molar-refractivity contribution in [3.05, 3.63) is 18.2 Å². The quantitative estimate of drug-likeness (QED) is 0.571. The maximum Gasteiger partial charge on any atom is 0.226 e. The fourth-order valence-corrected chi connectivity index (χ4v) is 2.29. The second-order valence-electron chi connectivity index (χ2n) is 5.45. The average molecular weight is 292 g/mol. The van der Waals surface area contributed by atoms with E-state index in [0.717, 1.165) is 18.9 Å². The number of carbonyl (C=O) groups excluding carboxylic acids is 1. The van der Waals surface area contributed by atoms with E-state index in [1.54, 1.807) is 25.3 Å². The van der Waals surface area contributed by atoms with E-state index in [1.165, 1.54) is 19.3 Å². The van der Waals surface area contributed by atoms with Crippen LogP contribution < -0.4 is 15.8 Å². The van der Waals surface area contributed by atoms with Gasteiger partial charge in [-0.15, -0.1) is 0 Å². The zero-order valence-electron chi connectivity index (χ0n) is 12.6. The van der Waals surface area contributed by atoms with Gasteiger partial charge in [0.05, 0.1) is 31.5 Å². The first-order chi connectivity index (χ1) is 10.2. The monoisotopic (exact) mass is 292 g/mol. The van der Waals surface area contributed by atoms with Crippen LogP contribution in [0.3, 0.4) is 0 Å². The number of methoxy groups -OCH3 is 1. The molecule has 0 heterocycles. The zero-order chi connectivity index (χ0) is 15.1. The van der Waals surface area contributed by atoms with E-state index in [0.29, 0.717) is 30.2 Å². The Morgan fingerprint density at radius 1 is 1.38 bits per heavy atom. The van der Waals surface area contributed by atoms with Crippen LogP contribution in [0, 0.1) is 5.92 Å². The number of hydrogen-bond donors (Lipinski definition) is 2. The first-order valence-electron chi connectivity index (χ1n) is 7.50. The third kappa shape index (κ3) is 4.93. The van der Waals surface area contributed by atoms with Gasteiger partial charge in [-0.2, -0.15) is 0 Å². The Labute approximate surface area is 125 Å². The molecule has 1 aliphatic carbocycles. The number of nitrogens with one attached hydrogen (secondary N) is 1. The Balaban J connectivity index is 1.64. The van der Waals surface area contributed by atoms with Gasteiger partial charge in [0.1, 0.15) is 5.75 Å². The number of ether oxygens (including phenoxy) is 2. The van der Waals surface area contributed by atoms with Gasteiger partial charge < -0.3 is 20.5 Å². The summed E-state index contributed by atoms with van der Waals surface area (Å²) in [5, 5.41) is 2.78. The number of nitrogens with two attached hydrogens (primary N) is 1. The topological polar surface area (TPSA) is 73.6 Å². The van der Waals surface area contributed by atoms with Gasteiger partial charge >= 0.3 is 0 Å². The van der Waals surface area contributed by atoms with Crippen LogP contribution in [0.1, 0.15) is 32.1 Å². The average Bonchev–Trinajstić information content (AvgIpc) is 2.42. The molecule has 21 heavy (non-hydrogen) atoms. The van der Waals surface area contributed by atoms with Gasteiger partial charge in [0.2, 0.25) is 5.91 Å². The molecule has 0 unspecified atom stereocenters. The van der Waals surface area contributed by atoms with Crippen molar-refractivity contribution in [1.29, 1.82) is 0 Å². The molecule has 3 N–H and O–H groups in total. The van der Waals surface area contributed by atoms with Crippen molar-refractivity contribution in [2.45, 2.75) is 32.1 Å². The van der Waals surface area contributed by atoms with Gasteiger partial charge in [-0.25, -0.2) is 0 Å². The van der Waals surface area contributed by atoms with Crippen LogP contribution in [-0.2, 0) is 9.53 Å². The number of benzene rings is 1. The molecule has 0 spiro atoms. The molecule has 2 rings (SSSR count). The molecule has 0 bridgehead atoms. The van der Waals surface area contributed by atoms with Crippen molar-refractivity contribution < 1.29 is 14.3 Å². The minimum absolute atomic E-state index is 0.0875. The molecule has 1 amide bonds. The third-order valence-corrected chi connectivity index (χ3v) is 3.90. The Morgan fingerprint density at radius 3 is 2.81 bits per heavy atom. The molecule has 116 valence electrons. The molecule has 5 heteroatoms. The summed E-state index contributed by atoms with van der Waals surface area (Å²) >= 11 is 0. The van der Waals surface area contributed by atoms with Crippen LogP contribution in [-0.4, -0.2) is 26.2 Å². The fraction of sp³-hybridized carbons (Fsp3) is 0.562. The lowest BCUT2D eigenvalue weighted by atomic mass is 9.83. The number of hydrogen-bond acceptors (Lipinski definition) is 4. The summed E-state index contributed by atoms with van der Waals surface area (Å²) in [6.45, 7) is 1.21. The molecule has 0 saturated heterocycles. The third-order valence-electron chi connectivity index (χ3n) is 3.90. The Hall–Kier alpha value is -1.75. The predicted molar refractivity (Wildman–Crippen MR) is 83.4 cm³/mol. The zero-order valence-corrected chi connectivity index (χ0v) is 12.6. The molecular weight excluding hydrogens is 268 g/mol. The van der Waals surface area contributed by atoms with Crippen molar-refractivity contribution in [2.24, 2.45) is 5.92 Å². The normalized spacial score (nSPS) is 14.5. The van der Waals surface area contributed by atoms with E-state index in [-0.39, 0.29) is 5.91 Å². The summed E-state index contributed by atoms with van der Waals surface area (Å²) in [6, 6.07) is 5.19. The molecule has 1 fully saturated rings. The van der Waals surface area contributed by atoms with E-state index in [1.807, 2.05) is 0 Å². The molecule has 1 aromatic carbocycles. The summed E-state index contributed by atoms with van der Waals surface area (Å²) < 4.78 is 10.6. The maximum absolute atomic E-state index is 11.8. The molecule has 5 nitrogen and oxygen atoms in total. The van der Waals surface area contributed by atoms with Gasteiger partial charge in [-0.05, 0) is 24.5 Å². The van der Waals surface area contributed by atoms with E-state index < -0.39 is 0 Å². The molecule has 1 saturated carbocycles. The molecular formula is C16H24N2O3. The summed E-state index contributed by atoms with van der Waals surface area (Å²) in [5.41, 5.74) is 6.95. The highest BCUT2D eigenvalue weighted by atomic mass is 16.5. The Bertz CT molecular complexity index is 473. The lowest BCUT2D eigenvalue weighted by Crippen LogP contribution is -2.17. The lowest BCUT2D eigenvalue weighted by Gasteiger charge is -2.24. The second kappa shape index (κ2) is 7.88. The van der Waals surface area contributed by atoms with Gasteiger partial charge in [0, 0.05) is 12.7 Å². The minimum Gasteiger partial charge on any atom is -0.497 e. The van der Waals surface area contributed by atoms with Crippen LogP contribution in [0.15, 0.2) is 18.2 Å². The molecule has 1 aromatic rings. The standard InChI is InChI=1S/C16H24N2O3/c1-20-13-5-6-15(14(17)11-13)18-16(19)8-10-21-9-7-12-3-2-4-12/h5-6,11-12H,2-4,7-10,17H2,1H3,(H,18,19). The highest BCUT2D eigenvalue weighted by Crippen LogP contribution is 2.29. The maximum atomic E-state index is 11.8. The molecule has 1 aliphatic rings. The lowest BCUT2D eigenvalue weighted by molar-refractivity contribution is -0.117. The second-order valence-corrected chi connectivity index (χ2v) is 5.45. The number of nitrogen functional groups attached to an aromatic ring is 1. The highest BCUT2D eigenvalue weighted by Gasteiger charge is 2.16. The molecule has 0 atom stereocenters. The van der Waals surface area contributed by atoms with Crippen LogP contribution in [0.25, 0.3) is 0 Å². The van der Waals surface area contributed by atoms with Crippen molar-refractivity contribution >= 4 is 17.3 Å². The van der Waals surface area contributed by atoms with Gasteiger partial charge in [-0.1, -0.05) is 19.3 Å². The fourth-order valence-electron chi connectivity index (χ4n) is 2.29. The van der Waals surface area contributed by atoms with Gasteiger partial charge in [0.15, 0.2) is 0 Å². The molecule has 0 aliphatic heterocycles. The van der Waals surface area contributed by atoms with Gasteiger partial charge in [-0.3, -0.25) is 4.79 Å². The Kier molecular flexibility index (Phi) is 5.87. The SMILES string of the molecule is COc1ccc(NC(=O)CCOCCC2CCC2)c(N)c1. The summed E-state index contributed by atoms with van der Waals surface area (Å²) in [7, 11) is 1.58. The van der Waals surface area contributed by atoms with Crippen LogP contribution in [0.4, 0.5) is 11.4 Å². The summed E-state index contributed by atoms with van der Waals surface area (Å²) in [5.74, 6) is 1.43. The predicted octanol–water partition coefficient (Wildman–Crippen LogP) is 2.81. The van der Waals surface area contributed by atoms with Crippen molar-refractivity contribution in [3.8, 4) is 5.75 Å². The highest BCUT2D eigenvalue weighted by molar-refractivity contribution is 5.94. The first kappa shape index (κ1) is 15.6. The number of amides is 1. The Morgan fingerprint density at radius 2 is 2.19 bits per heavy atom. The number of rotatable bonds is 8. The largest absolute Gasteiger partial charge is 0.497 e. The minimum atomic E-state index is -0.0875. The summed E-state index contributed by atoms with van der Waals surface area (Å²) in [6.07, 6.45) is 5.49. The van der Waals surface area contributed by atoms with E-state index in [2.05, 4.69) is 5.32 Å². The first-order valence-corrected chi connectivity index (χ1v) is 7.50. The van der Waals surface area contributed by atoms with E-state index in [4.69, 9.17) is 15.2 Å². The van der Waals surface area contributed by atoms with Crippen LogP contribution in [0.5, 0.6) is 5.75 Å². The smallest absolute Gasteiger partial charge is 0.226 e. The van der Waals surface area contributed by atoms with Crippen molar-refractivity contribution in [3.63, 3.8) is 0 Å². The van der Waals surface area contributed by atoms with Crippen LogP contribution >= 0.6 is 0 Å². The van der Waals surface area contributed by atoms with Crippen molar-refractivity contribution in [2.75, 3.05) is 31.4 Å². The summed E-state index contributed by atoms with van der Waals surface area (Å²) in [4.78, 5) is 11.8. The number of carbonyl (C=O) groups is 1. The molecule has 0 aromatic heterocycles.